The topological polar surface area (TPSA) is 44.0 Å². The smallest absolute Gasteiger partial charge is 0.138 e. The Morgan fingerprint density at radius 1 is 1.11 bits per heavy atom. The normalized spacial score (nSPS) is 12.3. The van der Waals surface area contributed by atoms with E-state index < -0.39 is 0 Å². The Labute approximate surface area is 120 Å². The number of nitrogens with zero attached hydrogens (tertiary/aromatic N) is 1. The number of thioether (sulfide) groups is 1. The van der Waals surface area contributed by atoms with Gasteiger partial charge in [-0.15, -0.1) is 0 Å². The van der Waals surface area contributed by atoms with E-state index in [0.29, 0.717) is 0 Å². The highest BCUT2D eigenvalue weighted by molar-refractivity contribution is 8.03. The lowest BCUT2D eigenvalue weighted by molar-refractivity contribution is 0.252. The van der Waals surface area contributed by atoms with Crippen molar-refractivity contribution in [3.05, 3.63) is 29.3 Å². The SMILES string of the molecule is CC(C)(C)c1cc(SC#N)cc(C(C)(C)CCO)c1. The van der Waals surface area contributed by atoms with Crippen LogP contribution in [-0.4, -0.2) is 11.7 Å². The predicted octanol–water partition coefficient (Wildman–Crippen LogP) is 4.22. The average Bonchev–Trinajstić information content (AvgIpc) is 2.28. The number of hydrogen-bond acceptors (Lipinski definition) is 3. The molecule has 0 aliphatic carbocycles. The van der Waals surface area contributed by atoms with E-state index in [4.69, 9.17) is 5.26 Å². The van der Waals surface area contributed by atoms with Gasteiger partial charge in [-0.05, 0) is 52.3 Å². The van der Waals surface area contributed by atoms with Gasteiger partial charge in [-0.2, -0.15) is 5.26 Å². The van der Waals surface area contributed by atoms with E-state index in [1.54, 1.807) is 0 Å². The molecule has 1 aromatic rings. The Morgan fingerprint density at radius 3 is 2.16 bits per heavy atom. The van der Waals surface area contributed by atoms with E-state index in [1.165, 1.54) is 22.9 Å². The number of nitriles is 1. The molecule has 104 valence electrons. The first-order valence-electron chi connectivity index (χ1n) is 6.53. The van der Waals surface area contributed by atoms with E-state index in [0.717, 1.165) is 11.3 Å². The number of aliphatic hydroxyl groups excluding tert-OH is 1. The molecule has 19 heavy (non-hydrogen) atoms. The lowest BCUT2D eigenvalue weighted by Crippen LogP contribution is -2.21. The van der Waals surface area contributed by atoms with Crippen molar-refractivity contribution in [1.82, 2.24) is 0 Å². The predicted molar refractivity (Wildman–Crippen MR) is 81.3 cm³/mol. The van der Waals surface area contributed by atoms with Crippen molar-refractivity contribution in [2.75, 3.05) is 6.61 Å². The standard InChI is InChI=1S/C16H23NOS/c1-15(2,3)12-8-13(16(4,5)6-7-18)10-14(9-12)19-11-17/h8-10,18H,6-7H2,1-5H3. The molecule has 0 aliphatic heterocycles. The zero-order chi connectivity index (χ0) is 14.7. The van der Waals surface area contributed by atoms with Gasteiger partial charge in [0.25, 0.3) is 0 Å². The van der Waals surface area contributed by atoms with Gasteiger partial charge < -0.3 is 5.11 Å². The molecule has 1 aromatic carbocycles. The van der Waals surface area contributed by atoms with Crippen LogP contribution in [0.25, 0.3) is 0 Å². The van der Waals surface area contributed by atoms with Gasteiger partial charge >= 0.3 is 0 Å². The van der Waals surface area contributed by atoms with Gasteiger partial charge in [-0.3, -0.25) is 0 Å². The molecule has 0 spiro atoms. The molecule has 3 heteroatoms. The van der Waals surface area contributed by atoms with Crippen LogP contribution in [0.4, 0.5) is 0 Å². The molecule has 1 rings (SSSR count). The largest absolute Gasteiger partial charge is 0.396 e. The molecule has 0 fully saturated rings. The van der Waals surface area contributed by atoms with Gasteiger partial charge in [0.15, 0.2) is 0 Å². The summed E-state index contributed by atoms with van der Waals surface area (Å²) >= 11 is 1.20. The Kier molecular flexibility index (Phi) is 5.06. The minimum absolute atomic E-state index is 0.0517. The van der Waals surface area contributed by atoms with Crippen molar-refractivity contribution in [3.63, 3.8) is 0 Å². The van der Waals surface area contributed by atoms with E-state index in [1.807, 2.05) is 0 Å². The molecular formula is C16H23NOS. The number of aliphatic hydroxyl groups is 1. The first-order valence-corrected chi connectivity index (χ1v) is 7.35. The molecule has 0 aromatic heterocycles. The van der Waals surface area contributed by atoms with Crippen molar-refractivity contribution in [2.24, 2.45) is 0 Å². The summed E-state index contributed by atoms with van der Waals surface area (Å²) in [6.07, 6.45) is 0.720. The zero-order valence-electron chi connectivity index (χ0n) is 12.4. The summed E-state index contributed by atoms with van der Waals surface area (Å²) in [5.41, 5.74) is 2.39. The molecule has 0 radical (unpaired) electrons. The molecule has 0 atom stereocenters. The maximum Gasteiger partial charge on any atom is 0.138 e. The van der Waals surface area contributed by atoms with Crippen molar-refractivity contribution >= 4 is 11.8 Å². The summed E-state index contributed by atoms with van der Waals surface area (Å²) in [6.45, 7) is 11.0. The molecule has 0 saturated carbocycles. The highest BCUT2D eigenvalue weighted by atomic mass is 32.2. The van der Waals surface area contributed by atoms with Crippen molar-refractivity contribution in [2.45, 2.75) is 56.8 Å². The first kappa shape index (κ1) is 16.1. The molecule has 0 saturated heterocycles. The summed E-state index contributed by atoms with van der Waals surface area (Å²) in [6, 6.07) is 6.36. The minimum atomic E-state index is -0.0826. The summed E-state index contributed by atoms with van der Waals surface area (Å²) < 4.78 is 0. The highest BCUT2D eigenvalue weighted by Crippen LogP contribution is 2.34. The Hall–Kier alpha value is -0.980. The van der Waals surface area contributed by atoms with Crippen LogP contribution < -0.4 is 0 Å². The van der Waals surface area contributed by atoms with Gasteiger partial charge in [0.1, 0.15) is 5.40 Å². The van der Waals surface area contributed by atoms with Crippen LogP contribution in [0.15, 0.2) is 23.1 Å². The Bertz CT molecular complexity index is 481. The second-order valence-corrected chi connectivity index (χ2v) is 7.41. The Morgan fingerprint density at radius 2 is 1.68 bits per heavy atom. The van der Waals surface area contributed by atoms with Crippen LogP contribution in [0.2, 0.25) is 0 Å². The molecule has 1 N–H and O–H groups in total. The fraction of sp³-hybridized carbons (Fsp3) is 0.562. The summed E-state index contributed by atoms with van der Waals surface area (Å²) in [4.78, 5) is 0.982. The van der Waals surface area contributed by atoms with Crippen LogP contribution in [0.1, 0.15) is 52.2 Å². The van der Waals surface area contributed by atoms with Gasteiger partial charge in [-0.25, -0.2) is 0 Å². The van der Waals surface area contributed by atoms with E-state index in [2.05, 4.69) is 58.2 Å². The average molecular weight is 277 g/mol. The first-order chi connectivity index (χ1) is 8.70. The third-order valence-corrected chi connectivity index (χ3v) is 4.02. The maximum absolute atomic E-state index is 9.21. The summed E-state index contributed by atoms with van der Waals surface area (Å²) in [5.74, 6) is 0. The van der Waals surface area contributed by atoms with Gasteiger partial charge in [0.05, 0.1) is 0 Å². The number of hydrogen-bond donors (Lipinski definition) is 1. The number of thiocyanates is 1. The second kappa shape index (κ2) is 5.98. The fourth-order valence-electron chi connectivity index (χ4n) is 1.96. The fourth-order valence-corrected chi connectivity index (χ4v) is 2.44. The maximum atomic E-state index is 9.21. The van der Waals surface area contributed by atoms with Gasteiger partial charge in [-0.1, -0.05) is 40.7 Å². The van der Waals surface area contributed by atoms with Crippen LogP contribution in [0.3, 0.4) is 0 Å². The van der Waals surface area contributed by atoms with E-state index in [-0.39, 0.29) is 17.4 Å². The zero-order valence-corrected chi connectivity index (χ0v) is 13.3. The van der Waals surface area contributed by atoms with Gasteiger partial charge in [0.2, 0.25) is 0 Å². The van der Waals surface area contributed by atoms with Crippen LogP contribution in [-0.2, 0) is 10.8 Å². The summed E-state index contributed by atoms with van der Waals surface area (Å²) in [5, 5.41) is 20.2. The van der Waals surface area contributed by atoms with Crippen LogP contribution >= 0.6 is 11.8 Å². The lowest BCUT2D eigenvalue weighted by Gasteiger charge is -2.28. The highest BCUT2D eigenvalue weighted by Gasteiger charge is 2.23. The molecular weight excluding hydrogens is 254 g/mol. The van der Waals surface area contributed by atoms with Crippen molar-refractivity contribution in [3.8, 4) is 5.40 Å². The van der Waals surface area contributed by atoms with Crippen molar-refractivity contribution < 1.29 is 5.11 Å². The quantitative estimate of drug-likeness (QED) is 0.662. The van der Waals surface area contributed by atoms with Crippen LogP contribution in [0.5, 0.6) is 0 Å². The molecule has 0 heterocycles. The third-order valence-electron chi connectivity index (χ3n) is 3.45. The molecule has 0 aliphatic rings. The molecule has 0 amide bonds. The van der Waals surface area contributed by atoms with Crippen molar-refractivity contribution in [1.29, 1.82) is 5.26 Å². The molecule has 2 nitrogen and oxygen atoms in total. The summed E-state index contributed by atoms with van der Waals surface area (Å²) in [7, 11) is 0. The van der Waals surface area contributed by atoms with E-state index >= 15 is 0 Å². The lowest BCUT2D eigenvalue weighted by atomic mass is 9.78. The van der Waals surface area contributed by atoms with E-state index in [9.17, 15) is 5.11 Å². The molecule has 0 unspecified atom stereocenters. The second-order valence-electron chi connectivity index (χ2n) is 6.55. The monoisotopic (exact) mass is 277 g/mol. The third kappa shape index (κ3) is 4.26. The van der Waals surface area contributed by atoms with Gasteiger partial charge in [0, 0.05) is 11.5 Å². The molecule has 0 bridgehead atoms. The minimum Gasteiger partial charge on any atom is -0.396 e. The van der Waals surface area contributed by atoms with Crippen LogP contribution in [0, 0.1) is 10.7 Å². The Balaban J connectivity index is 3.32. The number of rotatable bonds is 4. The number of benzene rings is 1.